The highest BCUT2D eigenvalue weighted by molar-refractivity contribution is 6.00. The number of aliphatic imine (C=N–C) groups is 1. The molecule has 31 nitrogen and oxygen atoms in total. The number of rotatable bonds is 38. The van der Waals surface area contributed by atoms with Gasteiger partial charge in [0.1, 0.15) is 54.1 Å². The summed E-state index contributed by atoms with van der Waals surface area (Å²) in [6.45, 7) is 1.92. The fourth-order valence-corrected chi connectivity index (χ4v) is 9.88. The summed E-state index contributed by atoms with van der Waals surface area (Å²) in [6, 6.07) is 16.1. The number of carbonyl (C=O) groups is 12. The summed E-state index contributed by atoms with van der Waals surface area (Å²) in [5.74, 6) is -11.9. The Morgan fingerprint density at radius 1 is 0.495 bits per heavy atom. The van der Waals surface area contributed by atoms with Crippen LogP contribution in [0.4, 0.5) is 0 Å². The van der Waals surface area contributed by atoms with Gasteiger partial charge in [0.2, 0.25) is 70.9 Å². The lowest BCUT2D eigenvalue weighted by molar-refractivity contribution is -0.136. The molecule has 1 aromatic heterocycles. The van der Waals surface area contributed by atoms with Gasteiger partial charge in [0, 0.05) is 50.0 Å². The molecule has 1 heterocycles. The van der Waals surface area contributed by atoms with Gasteiger partial charge in [-0.1, -0.05) is 105 Å². The van der Waals surface area contributed by atoms with Crippen molar-refractivity contribution in [2.75, 3.05) is 26.7 Å². The van der Waals surface area contributed by atoms with Gasteiger partial charge in [-0.25, -0.2) is 0 Å². The number of phenolic OH excluding ortho intramolecular Hbond substituents is 1. The first-order chi connectivity index (χ1) is 45.2. The van der Waals surface area contributed by atoms with E-state index in [-0.39, 0.29) is 69.1 Å². The van der Waals surface area contributed by atoms with E-state index in [0.717, 1.165) is 0 Å². The second kappa shape index (κ2) is 37.5. The number of hydrogen-bond acceptors (Lipinski definition) is 16. The van der Waals surface area contributed by atoms with Crippen molar-refractivity contribution in [3.63, 3.8) is 0 Å². The number of benzene rings is 4. The Bertz CT molecular complexity index is 3500. The minimum absolute atomic E-state index is 0.0284. The number of para-hydroxylation sites is 1. The van der Waals surface area contributed by atoms with Crippen molar-refractivity contribution in [3.05, 3.63) is 138 Å². The zero-order valence-corrected chi connectivity index (χ0v) is 52.9. The Balaban J connectivity index is 1.30. The normalized spacial score (nSPS) is 14.1. The standard InChI is InChI=1S/C64H85N17O14/c1-35(2)25-46(59(91)75-44(19-12-24-71-64(69)70-3)58(90)76-45(55(68)87)27-36-13-6-4-7-14-36)74-54(86)33-73-57(89)47(28-37-15-8-5-9-16-37)78-63(95)51(34-82)81-62(94)50(31-53(67)85)80-60(92)48(29-39-32-72-43-18-11-10-17-41(39)43)79-61(93)49(30-52(66)84)77-56(88)42(65)26-38-20-22-40(83)23-21-38/h4-11,13-18,20-23,32,35,42,44-51,72,82-83H,12,19,24-31,33-34,65H2,1-3H3,(H2,66,84)(H2,67,85)(H2,68,87)(H,73,89)(H,74,86)(H,75,91)(H,76,90)(H,77,88)(H,78,95)(H,79,93)(H,80,92)(H,81,94)(H3,69,70,71)/t42-,44-,45-,46-,47-,48-,49-,50-,51-/m0/s1. The molecular formula is C64H85N17O14. The van der Waals surface area contributed by atoms with Gasteiger partial charge in [-0.2, -0.15) is 0 Å². The van der Waals surface area contributed by atoms with Crippen LogP contribution >= 0.6 is 0 Å². The van der Waals surface area contributed by atoms with Crippen molar-refractivity contribution in [1.82, 2.24) is 58.2 Å². The van der Waals surface area contributed by atoms with E-state index in [4.69, 9.17) is 28.7 Å². The van der Waals surface area contributed by atoms with Gasteiger partial charge in [0.25, 0.3) is 0 Å². The largest absolute Gasteiger partial charge is 0.508 e. The van der Waals surface area contributed by atoms with Gasteiger partial charge >= 0.3 is 0 Å². The Hall–Kier alpha value is -11.0. The quantitative estimate of drug-likeness (QED) is 0.0102. The van der Waals surface area contributed by atoms with E-state index in [1.54, 1.807) is 105 Å². The van der Waals surface area contributed by atoms with Crippen LogP contribution in [-0.4, -0.2) is 173 Å². The van der Waals surface area contributed by atoms with Gasteiger partial charge < -0.3 is 97.0 Å². The molecule has 95 heavy (non-hydrogen) atoms. The lowest BCUT2D eigenvalue weighted by Gasteiger charge is -2.27. The molecule has 0 unspecified atom stereocenters. The van der Waals surface area contributed by atoms with E-state index in [2.05, 4.69) is 63.1 Å². The number of nitrogens with one attached hydrogen (secondary N) is 11. The van der Waals surface area contributed by atoms with Crippen molar-refractivity contribution in [2.45, 2.75) is 126 Å². The zero-order valence-electron chi connectivity index (χ0n) is 52.9. The maximum atomic E-state index is 14.5. The number of aliphatic hydroxyl groups is 1. The number of fused-ring (bicyclic) bond motifs is 1. The summed E-state index contributed by atoms with van der Waals surface area (Å²) >= 11 is 0. The van der Waals surface area contributed by atoms with Gasteiger partial charge in [0.15, 0.2) is 5.96 Å². The first-order valence-electron chi connectivity index (χ1n) is 30.5. The number of aliphatic hydroxyl groups excluding tert-OH is 1. The van der Waals surface area contributed by atoms with Crippen LogP contribution < -0.4 is 81.8 Å². The monoisotopic (exact) mass is 1320 g/mol. The highest BCUT2D eigenvalue weighted by atomic mass is 16.3. The Labute approximate surface area is 547 Å². The van der Waals surface area contributed by atoms with Crippen LogP contribution in [-0.2, 0) is 83.2 Å². The zero-order chi connectivity index (χ0) is 69.7. The number of aromatic hydroxyl groups is 1. The minimum Gasteiger partial charge on any atom is -0.508 e. The van der Waals surface area contributed by atoms with Crippen molar-refractivity contribution in [1.29, 1.82) is 0 Å². The first-order valence-corrected chi connectivity index (χ1v) is 30.5. The van der Waals surface area contributed by atoms with Crippen LogP contribution in [0.25, 0.3) is 10.9 Å². The van der Waals surface area contributed by atoms with Crippen LogP contribution in [0.1, 0.15) is 68.2 Å². The molecule has 0 aliphatic carbocycles. The fourth-order valence-electron chi connectivity index (χ4n) is 9.88. The smallest absolute Gasteiger partial charge is 0.245 e. The SMILES string of the molecule is CN=C(N)NCCC[C@H](NC(=O)[C@H](CC(C)C)NC(=O)CNC(=O)[C@H](Cc1ccccc1)NC(=O)[C@H](CO)NC(=O)[C@H](CC(N)=O)NC(=O)[C@H](Cc1c[nH]c2ccccc12)NC(=O)[C@H](CC(N)=O)NC(=O)[C@@H](N)Cc1ccc(O)cc1)C(=O)N[C@@H](Cc1ccccc1)C(N)=O. The summed E-state index contributed by atoms with van der Waals surface area (Å²) < 4.78 is 0. The average Bonchev–Trinajstić information content (AvgIpc) is 1.78. The number of nitrogens with two attached hydrogens (primary N) is 5. The second-order valence-corrected chi connectivity index (χ2v) is 22.9. The number of phenols is 1. The molecule has 31 heteroatoms. The Morgan fingerprint density at radius 3 is 1.52 bits per heavy atom. The minimum atomic E-state index is -1.91. The van der Waals surface area contributed by atoms with Crippen LogP contribution in [0.2, 0.25) is 0 Å². The van der Waals surface area contributed by atoms with E-state index >= 15 is 0 Å². The number of nitrogens with zero attached hydrogens (tertiary/aromatic N) is 1. The third kappa shape index (κ3) is 25.2. The molecule has 0 fully saturated rings. The first kappa shape index (κ1) is 74.8. The summed E-state index contributed by atoms with van der Waals surface area (Å²) in [4.78, 5) is 170. The Morgan fingerprint density at radius 2 is 0.958 bits per heavy atom. The summed E-state index contributed by atoms with van der Waals surface area (Å²) in [5.41, 5.74) is 31.5. The van der Waals surface area contributed by atoms with Crippen LogP contribution in [0, 0.1) is 5.92 Å². The molecular weight excluding hydrogens is 1230 g/mol. The molecule has 0 radical (unpaired) electrons. The number of hydrogen-bond donors (Lipinski definition) is 18. The molecule has 0 aliphatic heterocycles. The molecule has 4 aromatic carbocycles. The molecule has 5 aromatic rings. The molecule has 0 saturated heterocycles. The van der Waals surface area contributed by atoms with Crippen LogP contribution in [0.15, 0.2) is 120 Å². The molecule has 510 valence electrons. The molecule has 9 atom stereocenters. The molecule has 23 N–H and O–H groups in total. The number of H-pyrrole nitrogens is 1. The predicted octanol–water partition coefficient (Wildman–Crippen LogP) is -3.95. The lowest BCUT2D eigenvalue weighted by Crippen LogP contribution is -2.61. The van der Waals surface area contributed by atoms with Crippen molar-refractivity contribution < 1.29 is 67.7 Å². The van der Waals surface area contributed by atoms with Gasteiger partial charge in [-0.15, -0.1) is 0 Å². The maximum Gasteiger partial charge on any atom is 0.245 e. The van der Waals surface area contributed by atoms with E-state index in [1.165, 1.54) is 31.3 Å². The fraction of sp³-hybridized carbons (Fsp3) is 0.391. The number of aromatic nitrogens is 1. The number of carbonyl (C=O) groups excluding carboxylic acids is 12. The van der Waals surface area contributed by atoms with Crippen LogP contribution in [0.3, 0.4) is 0 Å². The number of guanidine groups is 1. The highest BCUT2D eigenvalue weighted by Crippen LogP contribution is 2.20. The molecule has 5 rings (SSSR count). The number of amides is 12. The van der Waals surface area contributed by atoms with Crippen LogP contribution in [0.5, 0.6) is 5.75 Å². The molecule has 0 saturated carbocycles. The summed E-state index contributed by atoms with van der Waals surface area (Å²) in [7, 11) is 1.48. The lowest BCUT2D eigenvalue weighted by atomic mass is 10.0. The van der Waals surface area contributed by atoms with E-state index < -0.39 is 151 Å². The average molecular weight is 1320 g/mol. The molecule has 0 spiro atoms. The van der Waals surface area contributed by atoms with E-state index in [0.29, 0.717) is 33.2 Å². The number of primary amides is 3. The Kier molecular flexibility index (Phi) is 29.5. The summed E-state index contributed by atoms with van der Waals surface area (Å²) in [6.07, 6.45) is -0.293. The van der Waals surface area contributed by atoms with Crippen molar-refractivity contribution in [3.8, 4) is 5.75 Å². The molecule has 0 aliphatic rings. The topological polar surface area (TPSA) is 524 Å². The van der Waals surface area contributed by atoms with E-state index in [9.17, 15) is 67.7 Å². The van der Waals surface area contributed by atoms with Gasteiger partial charge in [0.05, 0.1) is 32.0 Å². The van der Waals surface area contributed by atoms with Crippen molar-refractivity contribution >= 4 is 87.7 Å². The molecule has 0 bridgehead atoms. The maximum absolute atomic E-state index is 14.5. The second-order valence-electron chi connectivity index (χ2n) is 22.9. The van der Waals surface area contributed by atoms with E-state index in [1.807, 2.05) is 0 Å². The third-order valence-electron chi connectivity index (χ3n) is 14.8. The predicted molar refractivity (Wildman–Crippen MR) is 349 cm³/mol. The van der Waals surface area contributed by atoms with Gasteiger partial charge in [-0.3, -0.25) is 62.5 Å². The highest BCUT2D eigenvalue weighted by Gasteiger charge is 2.36. The summed E-state index contributed by atoms with van der Waals surface area (Å²) in [5, 5.41) is 46.1. The third-order valence-corrected chi connectivity index (χ3v) is 14.8. The number of aromatic amines is 1. The van der Waals surface area contributed by atoms with Gasteiger partial charge in [-0.05, 0) is 72.1 Å². The van der Waals surface area contributed by atoms with Crippen molar-refractivity contribution in [2.24, 2.45) is 39.6 Å². The molecule has 12 amide bonds.